The van der Waals surface area contributed by atoms with Gasteiger partial charge in [0.15, 0.2) is 11.0 Å². The zero-order valence-electron chi connectivity index (χ0n) is 11.9. The first-order valence-electron chi connectivity index (χ1n) is 6.55. The summed E-state index contributed by atoms with van der Waals surface area (Å²) in [6, 6.07) is 3.93. The van der Waals surface area contributed by atoms with Crippen LogP contribution in [0.15, 0.2) is 22.7 Å². The van der Waals surface area contributed by atoms with Crippen molar-refractivity contribution in [3.05, 3.63) is 17.5 Å². The summed E-state index contributed by atoms with van der Waals surface area (Å²) in [5.41, 5.74) is 0. The molecule has 0 aliphatic heterocycles. The Hall–Kier alpha value is -1.38. The fraction of sp³-hybridized carbons (Fsp3) is 0.462. The molecule has 8 heteroatoms. The van der Waals surface area contributed by atoms with Crippen LogP contribution >= 0.6 is 23.1 Å². The zero-order valence-corrected chi connectivity index (χ0v) is 13.5. The molecule has 0 radical (unpaired) electrons. The largest absolute Gasteiger partial charge is 0.481 e. The van der Waals surface area contributed by atoms with Crippen molar-refractivity contribution in [2.75, 3.05) is 12.4 Å². The van der Waals surface area contributed by atoms with Crippen molar-refractivity contribution in [2.45, 2.75) is 31.7 Å². The summed E-state index contributed by atoms with van der Waals surface area (Å²) < 4.78 is 7.50. The smallest absolute Gasteiger partial charge is 0.313 e. The average molecular weight is 327 g/mol. The lowest BCUT2D eigenvalue weighted by atomic mass is 10.3. The third-order valence-electron chi connectivity index (χ3n) is 2.67. The van der Waals surface area contributed by atoms with Crippen molar-refractivity contribution >= 4 is 29.1 Å². The minimum Gasteiger partial charge on any atom is -0.481 e. The van der Waals surface area contributed by atoms with E-state index in [1.807, 2.05) is 35.9 Å². The molecule has 0 aromatic carbocycles. The molecule has 0 aliphatic carbocycles. The summed E-state index contributed by atoms with van der Waals surface area (Å²) in [7, 11) is 0. The molecule has 21 heavy (non-hydrogen) atoms. The van der Waals surface area contributed by atoms with Crippen LogP contribution in [0.5, 0.6) is 0 Å². The van der Waals surface area contributed by atoms with Gasteiger partial charge in [-0.15, -0.1) is 21.5 Å². The fourth-order valence-corrected chi connectivity index (χ4v) is 3.25. The van der Waals surface area contributed by atoms with Crippen molar-refractivity contribution in [1.82, 2.24) is 14.8 Å². The lowest BCUT2D eigenvalue weighted by molar-refractivity contribution is -0.133. The summed E-state index contributed by atoms with van der Waals surface area (Å²) in [6.07, 6.45) is 0.00823. The molecule has 0 amide bonds. The standard InChI is InChI=1S/C13H17N3O3S2/c1-3-19-9(2)7-16-12(10-5-4-6-20-10)14-15-13(16)21-8-11(17)18/h4-6,9H,3,7-8H2,1-2H3,(H,17,18). The molecule has 0 aliphatic rings. The Morgan fingerprint density at radius 1 is 1.57 bits per heavy atom. The van der Waals surface area contributed by atoms with E-state index < -0.39 is 5.97 Å². The lowest BCUT2D eigenvalue weighted by Gasteiger charge is -2.15. The van der Waals surface area contributed by atoms with Gasteiger partial charge in [-0.25, -0.2) is 0 Å². The van der Waals surface area contributed by atoms with Crippen LogP contribution in [0.2, 0.25) is 0 Å². The van der Waals surface area contributed by atoms with E-state index in [0.717, 1.165) is 10.7 Å². The van der Waals surface area contributed by atoms with Gasteiger partial charge in [-0.05, 0) is 25.3 Å². The van der Waals surface area contributed by atoms with Gasteiger partial charge < -0.3 is 9.84 Å². The van der Waals surface area contributed by atoms with Crippen molar-refractivity contribution in [3.63, 3.8) is 0 Å². The number of nitrogens with zero attached hydrogens (tertiary/aromatic N) is 3. The minimum absolute atomic E-state index is 0.00823. The molecular formula is C13H17N3O3S2. The number of hydrogen-bond acceptors (Lipinski definition) is 6. The van der Waals surface area contributed by atoms with Crippen LogP contribution in [0.4, 0.5) is 0 Å². The molecule has 2 aromatic heterocycles. The molecule has 2 aromatic rings. The van der Waals surface area contributed by atoms with Crippen LogP contribution in [-0.4, -0.2) is 44.3 Å². The number of carbonyl (C=O) groups is 1. The summed E-state index contributed by atoms with van der Waals surface area (Å²) in [4.78, 5) is 11.8. The zero-order chi connectivity index (χ0) is 15.2. The van der Waals surface area contributed by atoms with Gasteiger partial charge in [0.25, 0.3) is 0 Å². The summed E-state index contributed by atoms with van der Waals surface area (Å²) in [6.45, 7) is 5.15. The van der Waals surface area contributed by atoms with Gasteiger partial charge in [0, 0.05) is 6.61 Å². The quantitative estimate of drug-likeness (QED) is 0.751. The SMILES string of the molecule is CCOC(C)Cn1c(SCC(=O)O)nnc1-c1cccs1. The van der Waals surface area contributed by atoms with Gasteiger partial charge in [-0.3, -0.25) is 9.36 Å². The molecule has 1 N–H and O–H groups in total. The minimum atomic E-state index is -0.870. The van der Waals surface area contributed by atoms with E-state index in [0.29, 0.717) is 18.3 Å². The molecule has 6 nitrogen and oxygen atoms in total. The Balaban J connectivity index is 2.26. The van der Waals surface area contributed by atoms with Crippen molar-refractivity contribution in [2.24, 2.45) is 0 Å². The maximum absolute atomic E-state index is 10.7. The Kier molecular flexibility index (Phi) is 5.77. The number of ether oxygens (including phenoxy) is 1. The van der Waals surface area contributed by atoms with Gasteiger partial charge in [-0.1, -0.05) is 17.8 Å². The van der Waals surface area contributed by atoms with Gasteiger partial charge in [0.2, 0.25) is 0 Å². The number of thiophene rings is 1. The third-order valence-corrected chi connectivity index (χ3v) is 4.49. The Morgan fingerprint density at radius 3 is 3.00 bits per heavy atom. The first-order chi connectivity index (χ1) is 10.1. The lowest BCUT2D eigenvalue weighted by Crippen LogP contribution is -2.18. The highest BCUT2D eigenvalue weighted by atomic mass is 32.2. The van der Waals surface area contributed by atoms with E-state index in [1.54, 1.807) is 11.3 Å². The Morgan fingerprint density at radius 2 is 2.38 bits per heavy atom. The highest BCUT2D eigenvalue weighted by molar-refractivity contribution is 7.99. The Bertz CT molecular complexity index is 584. The Labute approximate surface area is 131 Å². The average Bonchev–Trinajstić information content (AvgIpc) is 3.05. The molecule has 1 atom stereocenters. The van der Waals surface area contributed by atoms with Gasteiger partial charge in [0.1, 0.15) is 0 Å². The van der Waals surface area contributed by atoms with Gasteiger partial charge in [0.05, 0.1) is 23.3 Å². The molecule has 1 unspecified atom stereocenters. The predicted molar refractivity (Wildman–Crippen MR) is 82.8 cm³/mol. The van der Waals surface area contributed by atoms with Crippen LogP contribution in [0.25, 0.3) is 10.7 Å². The number of carboxylic acids is 1. The van der Waals surface area contributed by atoms with E-state index in [-0.39, 0.29) is 11.9 Å². The monoisotopic (exact) mass is 327 g/mol. The van der Waals surface area contributed by atoms with Crippen LogP contribution in [0.3, 0.4) is 0 Å². The second kappa shape index (κ2) is 7.58. The van der Waals surface area contributed by atoms with E-state index >= 15 is 0 Å². The van der Waals surface area contributed by atoms with Crippen LogP contribution in [0, 0.1) is 0 Å². The van der Waals surface area contributed by atoms with E-state index in [1.165, 1.54) is 11.8 Å². The van der Waals surface area contributed by atoms with E-state index in [2.05, 4.69) is 10.2 Å². The molecule has 0 bridgehead atoms. The van der Waals surface area contributed by atoms with Crippen LogP contribution in [0.1, 0.15) is 13.8 Å². The van der Waals surface area contributed by atoms with Crippen molar-refractivity contribution in [3.8, 4) is 10.7 Å². The molecule has 0 spiro atoms. The molecule has 2 rings (SSSR count). The normalized spacial score (nSPS) is 12.5. The summed E-state index contributed by atoms with van der Waals surface area (Å²) in [5, 5.41) is 19.7. The molecule has 0 saturated carbocycles. The molecule has 0 fully saturated rings. The maximum Gasteiger partial charge on any atom is 0.313 e. The summed E-state index contributed by atoms with van der Waals surface area (Å²) >= 11 is 2.75. The number of rotatable bonds is 8. The van der Waals surface area contributed by atoms with E-state index in [9.17, 15) is 4.79 Å². The fourth-order valence-electron chi connectivity index (χ4n) is 1.87. The molecule has 114 valence electrons. The maximum atomic E-state index is 10.7. The van der Waals surface area contributed by atoms with Gasteiger partial charge >= 0.3 is 5.97 Å². The number of hydrogen-bond donors (Lipinski definition) is 1. The number of aromatic nitrogens is 3. The topological polar surface area (TPSA) is 77.2 Å². The highest BCUT2D eigenvalue weighted by Gasteiger charge is 2.18. The van der Waals surface area contributed by atoms with Crippen LogP contribution < -0.4 is 0 Å². The molecule has 2 heterocycles. The molecule has 0 saturated heterocycles. The second-order valence-electron chi connectivity index (χ2n) is 4.34. The summed E-state index contributed by atoms with van der Waals surface area (Å²) in [5.74, 6) is -0.152. The highest BCUT2D eigenvalue weighted by Crippen LogP contribution is 2.27. The first-order valence-corrected chi connectivity index (χ1v) is 8.41. The predicted octanol–water partition coefficient (Wildman–Crippen LogP) is 2.61. The number of carboxylic acid groups (broad SMARTS) is 1. The van der Waals surface area contributed by atoms with Crippen molar-refractivity contribution < 1.29 is 14.6 Å². The van der Waals surface area contributed by atoms with Crippen molar-refractivity contribution in [1.29, 1.82) is 0 Å². The number of thioether (sulfide) groups is 1. The van der Waals surface area contributed by atoms with E-state index in [4.69, 9.17) is 9.84 Å². The van der Waals surface area contributed by atoms with Crippen LogP contribution in [-0.2, 0) is 16.1 Å². The first kappa shape index (κ1) is 16.0. The molecular weight excluding hydrogens is 310 g/mol. The third kappa shape index (κ3) is 4.29. The second-order valence-corrected chi connectivity index (χ2v) is 6.23. The number of aliphatic carboxylic acids is 1. The van der Waals surface area contributed by atoms with Gasteiger partial charge in [-0.2, -0.15) is 0 Å².